The van der Waals surface area contributed by atoms with Gasteiger partial charge in [-0.3, -0.25) is 9.59 Å². The summed E-state index contributed by atoms with van der Waals surface area (Å²) in [7, 11) is 2.61. The van der Waals surface area contributed by atoms with Crippen molar-refractivity contribution < 1.29 is 23.9 Å². The molecule has 0 aliphatic rings. The molecule has 0 N–H and O–H groups in total. The second kappa shape index (κ2) is 5.79. The van der Waals surface area contributed by atoms with Crippen molar-refractivity contribution in [2.75, 3.05) is 14.2 Å². The predicted octanol–water partition coefficient (Wildman–Crippen LogP) is 1.01. The molecule has 1 aromatic rings. The van der Waals surface area contributed by atoms with Crippen molar-refractivity contribution in [2.45, 2.75) is 6.42 Å². The van der Waals surface area contributed by atoms with Crippen molar-refractivity contribution in [2.24, 2.45) is 0 Å². The number of carbonyl (C=O) groups excluding carboxylic acids is 3. The van der Waals surface area contributed by atoms with E-state index in [1.807, 2.05) is 0 Å². The number of benzene rings is 1. The molecule has 0 bridgehead atoms. The highest BCUT2D eigenvalue weighted by atomic mass is 16.5. The van der Waals surface area contributed by atoms with Gasteiger partial charge in [0.2, 0.25) is 5.78 Å². The van der Waals surface area contributed by atoms with E-state index in [-0.39, 0.29) is 0 Å². The van der Waals surface area contributed by atoms with Crippen LogP contribution in [0.15, 0.2) is 24.3 Å². The fourth-order valence-corrected chi connectivity index (χ4v) is 1.21. The highest BCUT2D eigenvalue weighted by Crippen LogP contribution is 2.12. The first-order chi connectivity index (χ1) is 8.08. The normalized spacial score (nSPS) is 9.53. The van der Waals surface area contributed by atoms with Crippen LogP contribution < -0.4 is 4.74 Å². The minimum absolute atomic E-state index is 0.350. The fourth-order valence-electron chi connectivity index (χ4n) is 1.21. The number of esters is 1. The number of ketones is 2. The molecule has 0 spiro atoms. The van der Waals surface area contributed by atoms with Crippen molar-refractivity contribution in [1.29, 1.82) is 0 Å². The lowest BCUT2D eigenvalue weighted by Crippen LogP contribution is -2.19. The van der Waals surface area contributed by atoms with Crippen molar-refractivity contribution in [3.63, 3.8) is 0 Å². The molecule has 0 aliphatic heterocycles. The van der Waals surface area contributed by atoms with Gasteiger partial charge in [-0.2, -0.15) is 0 Å². The Morgan fingerprint density at radius 1 is 1.06 bits per heavy atom. The molecule has 0 heterocycles. The summed E-state index contributed by atoms with van der Waals surface area (Å²) < 4.78 is 9.16. The Kier molecular flexibility index (Phi) is 4.39. The van der Waals surface area contributed by atoms with Crippen LogP contribution in [0.5, 0.6) is 5.75 Å². The molecule has 0 amide bonds. The maximum Gasteiger partial charge on any atom is 0.374 e. The van der Waals surface area contributed by atoms with Gasteiger partial charge in [-0.1, -0.05) is 0 Å². The third-order valence-electron chi connectivity index (χ3n) is 2.15. The molecule has 0 aromatic heterocycles. The van der Waals surface area contributed by atoms with Crippen LogP contribution in [0.25, 0.3) is 0 Å². The number of hydrogen-bond acceptors (Lipinski definition) is 5. The molecule has 0 fully saturated rings. The van der Waals surface area contributed by atoms with Crippen LogP contribution in [0.1, 0.15) is 16.8 Å². The van der Waals surface area contributed by atoms with Crippen molar-refractivity contribution in [3.8, 4) is 5.75 Å². The van der Waals surface area contributed by atoms with E-state index >= 15 is 0 Å². The van der Waals surface area contributed by atoms with E-state index in [0.717, 1.165) is 7.11 Å². The van der Waals surface area contributed by atoms with Crippen molar-refractivity contribution >= 4 is 17.5 Å². The van der Waals surface area contributed by atoms with E-state index in [1.165, 1.54) is 19.2 Å². The number of methoxy groups -OCH3 is 2. The summed E-state index contributed by atoms with van der Waals surface area (Å²) in [6.07, 6.45) is -0.487. The monoisotopic (exact) mass is 236 g/mol. The lowest BCUT2D eigenvalue weighted by Gasteiger charge is -2.02. The Morgan fingerprint density at radius 2 is 1.65 bits per heavy atom. The molecule has 0 unspecified atom stereocenters. The quantitative estimate of drug-likeness (QED) is 0.330. The van der Waals surface area contributed by atoms with Crippen LogP contribution >= 0.6 is 0 Å². The zero-order valence-electron chi connectivity index (χ0n) is 9.56. The summed E-state index contributed by atoms with van der Waals surface area (Å²) in [6.45, 7) is 0. The van der Waals surface area contributed by atoms with Gasteiger partial charge < -0.3 is 9.47 Å². The highest BCUT2D eigenvalue weighted by molar-refractivity contribution is 6.38. The van der Waals surface area contributed by atoms with E-state index in [9.17, 15) is 14.4 Å². The van der Waals surface area contributed by atoms with Crippen LogP contribution in [-0.2, 0) is 14.3 Å². The summed E-state index contributed by atoms with van der Waals surface area (Å²) in [4.78, 5) is 33.6. The van der Waals surface area contributed by atoms with Gasteiger partial charge >= 0.3 is 5.97 Å². The van der Waals surface area contributed by atoms with Crippen LogP contribution in [0, 0.1) is 0 Å². The lowest BCUT2D eigenvalue weighted by atomic mass is 10.1. The van der Waals surface area contributed by atoms with E-state index in [1.54, 1.807) is 12.1 Å². The summed E-state index contributed by atoms with van der Waals surface area (Å²) >= 11 is 0. The van der Waals surface area contributed by atoms with Gasteiger partial charge in [0.25, 0.3) is 0 Å². The van der Waals surface area contributed by atoms with Crippen molar-refractivity contribution in [1.82, 2.24) is 0 Å². The van der Waals surface area contributed by atoms with Gasteiger partial charge in [0.15, 0.2) is 5.78 Å². The predicted molar refractivity (Wildman–Crippen MR) is 59.0 cm³/mol. The van der Waals surface area contributed by atoms with Gasteiger partial charge in [-0.05, 0) is 24.3 Å². The van der Waals surface area contributed by atoms with Crippen LogP contribution in [0.3, 0.4) is 0 Å². The molecular formula is C12H12O5. The first kappa shape index (κ1) is 12.9. The molecular weight excluding hydrogens is 224 g/mol. The number of ether oxygens (including phenoxy) is 2. The minimum Gasteiger partial charge on any atom is -0.497 e. The van der Waals surface area contributed by atoms with Gasteiger partial charge in [-0.15, -0.1) is 0 Å². The molecule has 0 saturated heterocycles. The molecule has 1 rings (SSSR count). The molecule has 0 atom stereocenters. The molecule has 0 aliphatic carbocycles. The van der Waals surface area contributed by atoms with Crippen molar-refractivity contribution in [3.05, 3.63) is 29.8 Å². The average Bonchev–Trinajstić information content (AvgIpc) is 2.37. The minimum atomic E-state index is -1.01. The summed E-state index contributed by atoms with van der Waals surface area (Å²) in [5.74, 6) is -1.68. The van der Waals surface area contributed by atoms with Crippen LogP contribution in [0.2, 0.25) is 0 Å². The summed E-state index contributed by atoms with van der Waals surface area (Å²) in [5.41, 5.74) is 0.350. The molecule has 0 radical (unpaired) electrons. The van der Waals surface area contributed by atoms with E-state index in [4.69, 9.17) is 4.74 Å². The third kappa shape index (κ3) is 3.41. The second-order valence-electron chi connectivity index (χ2n) is 3.24. The van der Waals surface area contributed by atoms with E-state index in [2.05, 4.69) is 4.74 Å². The van der Waals surface area contributed by atoms with Gasteiger partial charge in [-0.25, -0.2) is 4.79 Å². The largest absolute Gasteiger partial charge is 0.497 e. The lowest BCUT2D eigenvalue weighted by molar-refractivity contribution is -0.151. The Labute approximate surface area is 98.3 Å². The Balaban J connectivity index is 2.70. The maximum atomic E-state index is 11.6. The molecule has 17 heavy (non-hydrogen) atoms. The number of hydrogen-bond donors (Lipinski definition) is 0. The molecule has 1 aromatic carbocycles. The SMILES string of the molecule is COC(=O)C(=O)CC(=O)c1ccc(OC)cc1. The Bertz CT molecular complexity index is 433. The number of carbonyl (C=O) groups is 3. The Hall–Kier alpha value is -2.17. The maximum absolute atomic E-state index is 11.6. The number of rotatable bonds is 5. The topological polar surface area (TPSA) is 69.7 Å². The standard InChI is InChI=1S/C12H12O5/c1-16-9-5-3-8(4-6-9)10(13)7-11(14)12(15)17-2/h3-6H,7H2,1-2H3. The molecule has 90 valence electrons. The first-order valence-electron chi connectivity index (χ1n) is 4.87. The zero-order chi connectivity index (χ0) is 12.8. The smallest absolute Gasteiger partial charge is 0.374 e. The van der Waals surface area contributed by atoms with Gasteiger partial charge in [0, 0.05) is 5.56 Å². The third-order valence-corrected chi connectivity index (χ3v) is 2.15. The van der Waals surface area contributed by atoms with E-state index < -0.39 is 24.0 Å². The number of Topliss-reactive ketones (excluding diaryl/α,β-unsaturated/α-hetero) is 2. The van der Waals surface area contributed by atoms with E-state index in [0.29, 0.717) is 11.3 Å². The first-order valence-corrected chi connectivity index (χ1v) is 4.87. The molecule has 5 nitrogen and oxygen atoms in total. The van der Waals surface area contributed by atoms with Gasteiger partial charge in [0.1, 0.15) is 5.75 Å². The van der Waals surface area contributed by atoms with Crippen LogP contribution in [0.4, 0.5) is 0 Å². The zero-order valence-corrected chi connectivity index (χ0v) is 9.56. The van der Waals surface area contributed by atoms with Gasteiger partial charge in [0.05, 0.1) is 20.6 Å². The fraction of sp³-hybridized carbons (Fsp3) is 0.250. The van der Waals surface area contributed by atoms with Crippen LogP contribution in [-0.4, -0.2) is 31.8 Å². The molecule has 5 heteroatoms. The highest BCUT2D eigenvalue weighted by Gasteiger charge is 2.19. The summed E-state index contributed by atoms with van der Waals surface area (Å²) in [5, 5.41) is 0. The Morgan fingerprint density at radius 3 is 2.12 bits per heavy atom. The second-order valence-corrected chi connectivity index (χ2v) is 3.24. The summed E-state index contributed by atoms with van der Waals surface area (Å²) in [6, 6.07) is 6.28. The average molecular weight is 236 g/mol. The molecule has 0 saturated carbocycles.